The second-order valence-electron chi connectivity index (χ2n) is 6.88. The van der Waals surface area contributed by atoms with Gasteiger partial charge in [0.25, 0.3) is 5.91 Å². The third-order valence-electron chi connectivity index (χ3n) is 3.13. The molecule has 0 heterocycles. The van der Waals surface area contributed by atoms with Crippen LogP contribution < -0.4 is 5.43 Å². The van der Waals surface area contributed by atoms with Crippen LogP contribution in [0.4, 0.5) is 0 Å². The van der Waals surface area contributed by atoms with Gasteiger partial charge in [0, 0.05) is 17.6 Å². The Kier molecular flexibility index (Phi) is 5.35. The minimum Gasteiger partial charge on any atom is -0.271 e. The third-order valence-corrected chi connectivity index (χ3v) is 3.13. The first-order chi connectivity index (χ1) is 9.12. The van der Waals surface area contributed by atoms with Crippen LogP contribution in [0.15, 0.2) is 24.3 Å². The molecule has 0 bridgehead atoms. The van der Waals surface area contributed by atoms with Gasteiger partial charge < -0.3 is 0 Å². The number of nitrogens with one attached hydrogen (secondary N) is 1. The van der Waals surface area contributed by atoms with Crippen molar-refractivity contribution in [2.45, 2.75) is 66.0 Å². The number of amides is 1. The second kappa shape index (κ2) is 6.40. The average Bonchev–Trinajstić information content (AvgIpc) is 2.33. The van der Waals surface area contributed by atoms with E-state index in [2.05, 4.69) is 26.2 Å². The van der Waals surface area contributed by atoms with Crippen LogP contribution in [0.1, 0.15) is 64.4 Å². The van der Waals surface area contributed by atoms with E-state index in [0.29, 0.717) is 0 Å². The molecule has 1 aromatic carbocycles. The highest BCUT2D eigenvalue weighted by molar-refractivity contribution is 5.94. The van der Waals surface area contributed by atoms with Crippen LogP contribution in [0.5, 0.6) is 0 Å². The number of nitrogens with zero attached hydrogens (tertiary/aromatic N) is 1. The Morgan fingerprint density at radius 2 is 1.55 bits per heavy atom. The Morgan fingerprint density at radius 1 is 1.05 bits per heavy atom. The molecule has 0 spiro atoms. The maximum absolute atomic E-state index is 12.5. The molecule has 1 N–H and O–H groups in total. The first-order valence-corrected chi connectivity index (χ1v) is 7.33. The van der Waals surface area contributed by atoms with Gasteiger partial charge >= 0.3 is 0 Å². The zero-order valence-electron chi connectivity index (χ0n) is 13.8. The highest BCUT2D eigenvalue weighted by Crippen LogP contribution is 2.22. The van der Waals surface area contributed by atoms with Gasteiger partial charge in [-0.25, -0.2) is 5.43 Å². The lowest BCUT2D eigenvalue weighted by Crippen LogP contribution is -2.50. The van der Waals surface area contributed by atoms with Gasteiger partial charge in [-0.15, -0.1) is 0 Å². The monoisotopic (exact) mass is 276 g/mol. The molecule has 0 radical (unpaired) electrons. The van der Waals surface area contributed by atoms with E-state index in [4.69, 9.17) is 0 Å². The molecule has 3 nitrogen and oxygen atoms in total. The van der Waals surface area contributed by atoms with Crippen molar-refractivity contribution in [1.82, 2.24) is 10.4 Å². The van der Waals surface area contributed by atoms with Gasteiger partial charge in [0.15, 0.2) is 0 Å². The predicted molar refractivity (Wildman–Crippen MR) is 84.7 cm³/mol. The number of carbonyl (C=O) groups is 1. The number of carbonyl (C=O) groups excluding carboxylic acids is 1. The zero-order valence-corrected chi connectivity index (χ0v) is 13.8. The lowest BCUT2D eigenvalue weighted by atomic mass is 9.86. The van der Waals surface area contributed by atoms with Gasteiger partial charge in [-0.05, 0) is 50.8 Å². The van der Waals surface area contributed by atoms with E-state index in [1.165, 1.54) is 5.56 Å². The van der Waals surface area contributed by atoms with Gasteiger partial charge in [-0.3, -0.25) is 9.80 Å². The van der Waals surface area contributed by atoms with Gasteiger partial charge in [0.2, 0.25) is 0 Å². The van der Waals surface area contributed by atoms with Gasteiger partial charge in [-0.2, -0.15) is 0 Å². The molecule has 0 unspecified atom stereocenters. The van der Waals surface area contributed by atoms with Gasteiger partial charge in [-0.1, -0.05) is 32.9 Å². The van der Waals surface area contributed by atoms with Crippen LogP contribution in [0.3, 0.4) is 0 Å². The van der Waals surface area contributed by atoms with E-state index in [9.17, 15) is 4.79 Å². The normalized spacial score (nSPS) is 12.1. The fourth-order valence-electron chi connectivity index (χ4n) is 1.97. The van der Waals surface area contributed by atoms with Crippen LogP contribution in [-0.4, -0.2) is 23.0 Å². The molecular weight excluding hydrogens is 248 g/mol. The summed E-state index contributed by atoms with van der Waals surface area (Å²) in [5, 5.41) is 1.71. The summed E-state index contributed by atoms with van der Waals surface area (Å²) in [6, 6.07) is 8.27. The van der Waals surface area contributed by atoms with Crippen molar-refractivity contribution in [3.05, 3.63) is 35.4 Å². The molecule has 0 saturated carbocycles. The topological polar surface area (TPSA) is 32.3 Å². The van der Waals surface area contributed by atoms with Crippen LogP contribution >= 0.6 is 0 Å². The first-order valence-electron chi connectivity index (χ1n) is 7.33. The molecular formula is C17H28N2O. The maximum Gasteiger partial charge on any atom is 0.268 e. The maximum atomic E-state index is 12.5. The third kappa shape index (κ3) is 4.34. The molecule has 1 aromatic rings. The van der Waals surface area contributed by atoms with E-state index in [1.54, 1.807) is 5.01 Å². The van der Waals surface area contributed by atoms with E-state index < -0.39 is 0 Å². The number of rotatable bonds is 4. The van der Waals surface area contributed by atoms with Crippen molar-refractivity contribution in [1.29, 1.82) is 0 Å². The lowest BCUT2D eigenvalue weighted by Gasteiger charge is -2.29. The SMILES string of the molecule is CC(C)NN(C(=O)c1ccc(C(C)(C)C)cc1)C(C)C. The summed E-state index contributed by atoms with van der Waals surface area (Å²) in [6.07, 6.45) is 0. The highest BCUT2D eigenvalue weighted by Gasteiger charge is 2.20. The summed E-state index contributed by atoms with van der Waals surface area (Å²) in [4.78, 5) is 12.5. The molecule has 0 aliphatic rings. The molecule has 112 valence electrons. The Balaban J connectivity index is 2.95. The summed E-state index contributed by atoms with van der Waals surface area (Å²) < 4.78 is 0. The standard InChI is InChI=1S/C17H28N2O/c1-12(2)18-19(13(3)4)16(20)14-8-10-15(11-9-14)17(5,6)7/h8-13,18H,1-7H3. The summed E-state index contributed by atoms with van der Waals surface area (Å²) in [6.45, 7) is 14.6. The zero-order chi connectivity index (χ0) is 15.5. The molecule has 0 aliphatic heterocycles. The minimum absolute atomic E-state index is 0.0224. The predicted octanol–water partition coefficient (Wildman–Crippen LogP) is 3.75. The average molecular weight is 276 g/mol. The molecule has 0 aliphatic carbocycles. The molecule has 3 heteroatoms. The van der Waals surface area contributed by atoms with E-state index in [-0.39, 0.29) is 23.4 Å². The molecule has 1 rings (SSSR count). The largest absolute Gasteiger partial charge is 0.271 e. The van der Waals surface area contributed by atoms with Crippen molar-refractivity contribution in [2.24, 2.45) is 0 Å². The number of hydrogen-bond acceptors (Lipinski definition) is 2. The fraction of sp³-hybridized carbons (Fsp3) is 0.588. The first kappa shape index (κ1) is 16.7. The van der Waals surface area contributed by atoms with E-state index in [0.717, 1.165) is 5.56 Å². The van der Waals surface area contributed by atoms with Crippen molar-refractivity contribution >= 4 is 5.91 Å². The number of benzene rings is 1. The lowest BCUT2D eigenvalue weighted by molar-refractivity contribution is 0.0550. The number of hydrogen-bond donors (Lipinski definition) is 1. The van der Waals surface area contributed by atoms with Crippen molar-refractivity contribution in [3.63, 3.8) is 0 Å². The van der Waals surface area contributed by atoms with Gasteiger partial charge in [0.1, 0.15) is 0 Å². The van der Waals surface area contributed by atoms with Crippen molar-refractivity contribution < 1.29 is 4.79 Å². The fourth-order valence-corrected chi connectivity index (χ4v) is 1.97. The van der Waals surface area contributed by atoms with Crippen LogP contribution in [0, 0.1) is 0 Å². The molecule has 0 atom stereocenters. The Hall–Kier alpha value is -1.35. The second-order valence-corrected chi connectivity index (χ2v) is 6.88. The molecule has 0 saturated heterocycles. The van der Waals surface area contributed by atoms with Gasteiger partial charge in [0.05, 0.1) is 0 Å². The Bertz CT molecular complexity index is 441. The Morgan fingerprint density at radius 3 is 1.90 bits per heavy atom. The van der Waals surface area contributed by atoms with Crippen LogP contribution in [0.25, 0.3) is 0 Å². The minimum atomic E-state index is 0.0224. The van der Waals surface area contributed by atoms with Crippen molar-refractivity contribution in [2.75, 3.05) is 0 Å². The molecule has 20 heavy (non-hydrogen) atoms. The molecule has 0 fully saturated rings. The summed E-state index contributed by atoms with van der Waals surface area (Å²) in [5.74, 6) is 0.0224. The van der Waals surface area contributed by atoms with Crippen LogP contribution in [0.2, 0.25) is 0 Å². The van der Waals surface area contributed by atoms with Crippen LogP contribution in [-0.2, 0) is 5.41 Å². The molecule has 0 aromatic heterocycles. The summed E-state index contributed by atoms with van der Waals surface area (Å²) in [7, 11) is 0. The summed E-state index contributed by atoms with van der Waals surface area (Å²) >= 11 is 0. The highest BCUT2D eigenvalue weighted by atomic mass is 16.2. The summed E-state index contributed by atoms with van der Waals surface area (Å²) in [5.41, 5.74) is 5.27. The van der Waals surface area contributed by atoms with E-state index in [1.807, 2.05) is 52.0 Å². The van der Waals surface area contributed by atoms with Crippen molar-refractivity contribution in [3.8, 4) is 0 Å². The smallest absolute Gasteiger partial charge is 0.268 e. The van der Waals surface area contributed by atoms with E-state index >= 15 is 0 Å². The quantitative estimate of drug-likeness (QED) is 0.849. The molecule has 1 amide bonds. The number of hydrazine groups is 1. The Labute approximate surface area is 123 Å².